The fourth-order valence-electron chi connectivity index (χ4n) is 13.9. The maximum absolute atomic E-state index is 5.76. The molecule has 6 nitrogen and oxygen atoms in total. The molecule has 0 atom stereocenters. The Balaban J connectivity index is -0.000000733. The molecule has 0 aromatic carbocycles. The van der Waals surface area contributed by atoms with Crippen molar-refractivity contribution in [3.05, 3.63) is 0 Å². The molecule has 0 aliphatic heterocycles. The Labute approximate surface area is 716 Å². The van der Waals surface area contributed by atoms with Crippen molar-refractivity contribution >= 4 is 114 Å². The Bertz CT molecular complexity index is 1430. The van der Waals surface area contributed by atoms with Gasteiger partial charge in [-0.25, -0.2) is 0 Å². The molecule has 0 aliphatic carbocycles. The third-order valence-electron chi connectivity index (χ3n) is 21.0. The summed E-state index contributed by atoms with van der Waals surface area (Å²) in [7, 11) is 0. The second kappa shape index (κ2) is 101. The summed E-state index contributed by atoms with van der Waals surface area (Å²) in [5, 5.41) is 0. The van der Waals surface area contributed by atoms with Gasteiger partial charge in [0.1, 0.15) is 0 Å². The molecule has 0 fully saturated rings. The SMILES string of the molecule is CCCCCCCCCCCCCCCOP(=S)([S-])OCCCCCCCCCCCCCCC.CCCCCCCCCCCCCCCOP(=S)([S-])OCCCCCCCCCCCCCCC.CCCCCCCCCCCCCCCOP(=S)([S-])OCCCCCCCCCCCCCCC.[Sb+3]. The van der Waals surface area contributed by atoms with Crippen LogP contribution in [-0.4, -0.2) is 64.1 Å². The predicted molar refractivity (Wildman–Crippen MR) is 501 cm³/mol. The van der Waals surface area contributed by atoms with E-state index in [0.717, 1.165) is 38.5 Å². The minimum Gasteiger partial charge on any atom is -0.691 e. The van der Waals surface area contributed by atoms with E-state index < -0.39 is 17.1 Å². The van der Waals surface area contributed by atoms with E-state index in [-0.39, 0.29) is 24.4 Å². The first-order valence-electron chi connectivity index (χ1n) is 47.2. The summed E-state index contributed by atoms with van der Waals surface area (Å²) < 4.78 is 34.6. The maximum Gasteiger partial charge on any atom is 3.00 e. The van der Waals surface area contributed by atoms with Crippen LogP contribution in [0.25, 0.3) is 0 Å². The molecule has 0 amide bonds. The normalized spacial score (nSPS) is 11.9. The molecule has 16 heteroatoms. The van der Waals surface area contributed by atoms with Crippen molar-refractivity contribution in [2.24, 2.45) is 0 Å². The Kier molecular flexibility index (Phi) is 110. The van der Waals surface area contributed by atoms with E-state index in [0.29, 0.717) is 39.6 Å². The minimum atomic E-state index is -2.44. The van der Waals surface area contributed by atoms with Gasteiger partial charge in [-0.3, -0.25) is 0 Å². The zero-order chi connectivity index (χ0) is 77.1. The number of hydrogen-bond donors (Lipinski definition) is 0. The molecule has 106 heavy (non-hydrogen) atoms. The first-order valence-corrected chi connectivity index (χ1v) is 58.1. The van der Waals surface area contributed by atoms with Crippen LogP contribution in [0, 0.1) is 0 Å². The molecule has 0 unspecified atom stereocenters. The summed E-state index contributed by atoms with van der Waals surface area (Å²) in [6.45, 7) is 17.8. The van der Waals surface area contributed by atoms with Crippen molar-refractivity contribution in [2.45, 2.75) is 542 Å². The summed E-state index contributed by atoms with van der Waals surface area (Å²) in [5.41, 5.74) is -7.33. The van der Waals surface area contributed by atoms with E-state index in [1.807, 2.05) is 0 Å². The van der Waals surface area contributed by atoms with Gasteiger partial charge in [0.2, 0.25) is 0 Å². The maximum atomic E-state index is 5.76. The van der Waals surface area contributed by atoms with Crippen molar-refractivity contribution in [2.75, 3.05) is 39.6 Å². The molecule has 0 heterocycles. The third-order valence-corrected chi connectivity index (χ3v) is 27.8. The summed E-state index contributed by atoms with van der Waals surface area (Å²) in [5.74, 6) is 0. The van der Waals surface area contributed by atoms with Gasteiger partial charge in [-0.2, -0.15) is 0 Å². The molecular weight excluding hydrogens is 1580 g/mol. The van der Waals surface area contributed by atoms with Crippen LogP contribution in [0.1, 0.15) is 542 Å². The molecule has 0 aromatic heterocycles. The molecule has 0 bridgehead atoms. The molecule has 0 aliphatic rings. The van der Waals surface area contributed by atoms with Crippen molar-refractivity contribution in [1.82, 2.24) is 0 Å². The Morgan fingerprint density at radius 1 is 0.142 bits per heavy atom. The second-order valence-corrected chi connectivity index (χ2v) is 46.8. The van der Waals surface area contributed by atoms with Gasteiger partial charge in [0.15, 0.2) is 0 Å². The first-order chi connectivity index (χ1) is 51.4. The van der Waals surface area contributed by atoms with Crippen LogP contribution >= 0.6 is 17.1 Å². The predicted octanol–water partition coefficient (Wildman–Crippen LogP) is 35.5. The number of unbranched alkanes of at least 4 members (excludes halogenated alkanes) is 72. The summed E-state index contributed by atoms with van der Waals surface area (Å²) in [4.78, 5) is 0. The standard InChI is InChI=1S/3C30H63O2PS2.Sb/c3*1-3-5-7-9-11-13-15-17-19-21-23-25-27-29-31-33(34,35)32-30-28-26-24-22-20-18-16-14-12-10-8-6-4-2;/h3*3-30H2,1-2H3,(H,34,35);/q;;;+3/p-3. The van der Waals surface area contributed by atoms with Gasteiger partial charge in [0.25, 0.3) is 0 Å². The summed E-state index contributed by atoms with van der Waals surface area (Å²) in [6, 6.07) is 0. The van der Waals surface area contributed by atoms with Gasteiger partial charge in [0, 0.05) is 0 Å². The number of rotatable bonds is 90. The molecule has 0 rings (SSSR count). The van der Waals surface area contributed by atoms with Gasteiger partial charge >= 0.3 is 24.4 Å². The first kappa shape index (κ1) is 116. The van der Waals surface area contributed by atoms with Crippen LogP contribution in [0.2, 0.25) is 0 Å². The molecule has 0 spiro atoms. The van der Waals surface area contributed by atoms with Crippen LogP contribution < -0.4 is 0 Å². The van der Waals surface area contributed by atoms with Crippen LogP contribution in [0.15, 0.2) is 0 Å². The van der Waals surface area contributed by atoms with Crippen molar-refractivity contribution in [3.63, 3.8) is 0 Å². The van der Waals surface area contributed by atoms with Crippen molar-refractivity contribution in [3.8, 4) is 0 Å². The van der Waals surface area contributed by atoms with E-state index in [1.54, 1.807) is 0 Å². The van der Waals surface area contributed by atoms with Gasteiger partial charge in [0.05, 0.1) is 56.7 Å². The zero-order valence-corrected chi connectivity index (χ0v) is 82.2. The Morgan fingerprint density at radius 2 is 0.208 bits per heavy atom. The van der Waals surface area contributed by atoms with Crippen molar-refractivity contribution < 1.29 is 27.1 Å². The van der Waals surface area contributed by atoms with Crippen LogP contribution in [-0.2, 0) is 99.3 Å². The number of hydrogen-bond acceptors (Lipinski definition) is 12. The average molecular weight is 1770 g/mol. The van der Waals surface area contributed by atoms with E-state index >= 15 is 0 Å². The zero-order valence-electron chi connectivity index (χ0n) is 72.1. The third kappa shape index (κ3) is 110. The summed E-state index contributed by atoms with van der Waals surface area (Å²) >= 11 is 32.5. The molecule has 0 saturated heterocycles. The average Bonchev–Trinajstić information content (AvgIpc) is 0.971. The Morgan fingerprint density at radius 3 is 0.283 bits per heavy atom. The minimum absolute atomic E-state index is 0. The van der Waals surface area contributed by atoms with E-state index in [1.165, 1.54) is 462 Å². The van der Waals surface area contributed by atoms with Crippen molar-refractivity contribution in [1.29, 1.82) is 0 Å². The summed E-state index contributed by atoms with van der Waals surface area (Å²) in [6.07, 6.45) is 106. The van der Waals surface area contributed by atoms with Gasteiger partial charge < -0.3 is 63.9 Å². The van der Waals surface area contributed by atoms with E-state index in [2.05, 4.69) is 41.5 Å². The molecular formula is C90H186O6P3S6Sb. The molecule has 0 saturated carbocycles. The smallest absolute Gasteiger partial charge is 0.691 e. The van der Waals surface area contributed by atoms with Crippen LogP contribution in [0.4, 0.5) is 0 Å². The van der Waals surface area contributed by atoms with Crippen LogP contribution in [0.5, 0.6) is 0 Å². The molecule has 0 N–H and O–H groups in total. The van der Waals surface area contributed by atoms with Gasteiger partial charge in [-0.05, 0) is 38.5 Å². The second-order valence-electron chi connectivity index (χ2n) is 31.8. The monoisotopic (exact) mass is 1770 g/mol. The van der Waals surface area contributed by atoms with E-state index in [9.17, 15) is 0 Å². The molecule has 638 valence electrons. The fourth-order valence-corrected chi connectivity index (χ4v) is 18.9. The van der Waals surface area contributed by atoms with Crippen LogP contribution in [0.3, 0.4) is 0 Å². The fraction of sp³-hybridized carbons (Fsp3) is 1.00. The molecule has 2 radical (unpaired) electrons. The molecule has 0 aromatic rings. The quantitative estimate of drug-likeness (QED) is 0.0252. The largest absolute Gasteiger partial charge is 3.00 e. The van der Waals surface area contributed by atoms with E-state index in [4.69, 9.17) is 99.3 Å². The topological polar surface area (TPSA) is 55.4 Å². The Hall–Kier alpha value is 3.58. The van der Waals surface area contributed by atoms with Gasteiger partial charge in [-0.15, -0.1) is 0 Å². The van der Waals surface area contributed by atoms with Gasteiger partial charge in [-0.1, -0.05) is 539 Å².